The summed E-state index contributed by atoms with van der Waals surface area (Å²) in [4.78, 5) is 23.6. The number of hydrogen-bond acceptors (Lipinski definition) is 9. The van der Waals surface area contributed by atoms with Gasteiger partial charge in [-0.1, -0.05) is 6.07 Å². The maximum absolute atomic E-state index is 15.6. The number of likely N-dealkylation sites (tertiary alicyclic amines) is 1. The topological polar surface area (TPSA) is 144 Å². The van der Waals surface area contributed by atoms with Crippen molar-refractivity contribution < 1.29 is 27.4 Å². The third kappa shape index (κ3) is 6.80. The van der Waals surface area contributed by atoms with E-state index in [0.29, 0.717) is 43.6 Å². The molecule has 3 N–H and O–H groups in total. The lowest BCUT2D eigenvalue weighted by Gasteiger charge is -2.33. The highest BCUT2D eigenvalue weighted by Crippen LogP contribution is 2.37. The van der Waals surface area contributed by atoms with Gasteiger partial charge in [-0.25, -0.2) is 23.4 Å². The van der Waals surface area contributed by atoms with Crippen LogP contribution < -0.4 is 15.8 Å². The molecular weight excluding hydrogens is 601 g/mol. The zero-order valence-electron chi connectivity index (χ0n) is 25.6. The highest BCUT2D eigenvalue weighted by Gasteiger charge is 2.31. The minimum atomic E-state index is -1.19. The fourth-order valence-corrected chi connectivity index (χ4v) is 5.42. The molecule has 1 aliphatic rings. The van der Waals surface area contributed by atoms with Gasteiger partial charge in [-0.3, -0.25) is 4.79 Å². The molecular formula is C32H33F3N8O3. The van der Waals surface area contributed by atoms with Crippen molar-refractivity contribution >= 4 is 22.8 Å². The molecule has 5 rings (SSSR count). The molecule has 4 aromatic rings. The van der Waals surface area contributed by atoms with E-state index in [1.165, 1.54) is 30.6 Å². The fraction of sp³-hybridized carbons (Fsp3) is 0.344. The number of rotatable bonds is 10. The average Bonchev–Trinajstić information content (AvgIpc) is 3.43. The summed E-state index contributed by atoms with van der Waals surface area (Å²) in [5.74, 6) is -3.82. The standard InChI is InChI=1S/C32H33F3N8O3/c1-32(2,40-11-13-45-3)15-19(16-36)31(44)42-12-5-6-20(17-42)43-30-26(29(37)38-18-39-30)28(41-43)22-10-9-21(14-24(22)34)46-25-8-4-7-23(33)27(25)35/h4,7-10,14-15,18,20,40H,5-6,11-13,17H2,1-3H3,(H2,37,38,39). The number of anilines is 1. The maximum Gasteiger partial charge on any atom is 0.264 e. The highest BCUT2D eigenvalue weighted by atomic mass is 19.2. The SMILES string of the molecule is COCCNC(C)(C)C=C(C#N)C(=O)N1CCCC(n2nc(-c3ccc(Oc4cccc(F)c4F)cc3F)c3c(N)ncnc32)C1. The zero-order chi connectivity index (χ0) is 33.0. The summed E-state index contributed by atoms with van der Waals surface area (Å²) in [6.07, 6.45) is 4.15. The first-order valence-corrected chi connectivity index (χ1v) is 14.6. The Hall–Kier alpha value is -5.00. The van der Waals surface area contributed by atoms with Crippen LogP contribution in [0.5, 0.6) is 11.5 Å². The van der Waals surface area contributed by atoms with Crippen LogP contribution in [0, 0.1) is 28.8 Å². The van der Waals surface area contributed by atoms with Gasteiger partial charge in [-0.15, -0.1) is 0 Å². The van der Waals surface area contributed by atoms with Crippen LogP contribution in [0.4, 0.5) is 19.0 Å². The van der Waals surface area contributed by atoms with Gasteiger partial charge < -0.3 is 25.4 Å². The number of nitriles is 1. The molecule has 1 fully saturated rings. The van der Waals surface area contributed by atoms with E-state index in [9.17, 15) is 18.8 Å². The van der Waals surface area contributed by atoms with Crippen LogP contribution >= 0.6 is 0 Å². The Labute approximate surface area is 263 Å². The van der Waals surface area contributed by atoms with Crippen LogP contribution in [0.25, 0.3) is 22.3 Å². The Morgan fingerprint density at radius 3 is 2.76 bits per heavy atom. The number of fused-ring (bicyclic) bond motifs is 1. The number of ether oxygens (including phenoxy) is 2. The number of benzene rings is 2. The molecule has 2 aromatic carbocycles. The van der Waals surface area contributed by atoms with Crippen LogP contribution in [0.2, 0.25) is 0 Å². The number of nitrogen functional groups attached to an aromatic ring is 1. The van der Waals surface area contributed by atoms with Crippen molar-refractivity contribution in [1.82, 2.24) is 30.0 Å². The van der Waals surface area contributed by atoms with Crippen molar-refractivity contribution in [2.45, 2.75) is 38.3 Å². The van der Waals surface area contributed by atoms with Gasteiger partial charge in [-0.05, 0) is 57.0 Å². The second-order valence-electron chi connectivity index (χ2n) is 11.4. The van der Waals surface area contributed by atoms with Crippen LogP contribution in [-0.2, 0) is 9.53 Å². The summed E-state index contributed by atoms with van der Waals surface area (Å²) in [6, 6.07) is 8.96. The van der Waals surface area contributed by atoms with Gasteiger partial charge in [0, 0.05) is 43.9 Å². The number of methoxy groups -OCH3 is 1. The van der Waals surface area contributed by atoms with E-state index in [2.05, 4.69) is 15.3 Å². The first-order valence-electron chi connectivity index (χ1n) is 14.6. The van der Waals surface area contributed by atoms with Crippen molar-refractivity contribution in [2.75, 3.05) is 39.1 Å². The largest absolute Gasteiger partial charge is 0.454 e. The molecule has 0 radical (unpaired) electrons. The molecule has 3 heterocycles. The molecule has 1 saturated heterocycles. The number of nitrogens with two attached hydrogens (primary N) is 1. The molecule has 11 nitrogen and oxygen atoms in total. The summed E-state index contributed by atoms with van der Waals surface area (Å²) in [5, 5.41) is 18.1. The first kappa shape index (κ1) is 32.4. The van der Waals surface area contributed by atoms with Crippen LogP contribution in [0.15, 0.2) is 54.4 Å². The second-order valence-corrected chi connectivity index (χ2v) is 11.4. The summed E-state index contributed by atoms with van der Waals surface area (Å²) in [5.41, 5.74) is 6.18. The van der Waals surface area contributed by atoms with Gasteiger partial charge in [0.05, 0.1) is 18.0 Å². The number of halogens is 3. The fourth-order valence-electron chi connectivity index (χ4n) is 5.42. The molecule has 1 amide bonds. The number of piperidine rings is 1. The molecule has 0 aliphatic carbocycles. The number of nitrogens with one attached hydrogen (secondary N) is 1. The maximum atomic E-state index is 15.6. The molecule has 1 unspecified atom stereocenters. The van der Waals surface area contributed by atoms with Crippen LogP contribution in [0.1, 0.15) is 32.7 Å². The summed E-state index contributed by atoms with van der Waals surface area (Å²) < 4.78 is 55.4. The van der Waals surface area contributed by atoms with Crippen molar-refractivity contribution in [1.29, 1.82) is 5.26 Å². The Morgan fingerprint density at radius 2 is 2.02 bits per heavy atom. The van der Waals surface area contributed by atoms with Gasteiger partial charge in [0.15, 0.2) is 17.2 Å². The Bertz CT molecular complexity index is 1840. The number of hydrogen-bond donors (Lipinski definition) is 2. The number of carbonyl (C=O) groups is 1. The Kier molecular flexibility index (Phi) is 9.54. The molecule has 0 saturated carbocycles. The molecule has 0 bridgehead atoms. The van der Waals surface area contributed by atoms with E-state index in [4.69, 9.17) is 20.3 Å². The van der Waals surface area contributed by atoms with Crippen molar-refractivity contribution in [3.8, 4) is 28.8 Å². The normalized spacial score (nSPS) is 15.6. The number of nitrogens with zero attached hydrogens (tertiary/aromatic N) is 6. The van der Waals surface area contributed by atoms with Gasteiger partial charge in [0.2, 0.25) is 5.82 Å². The predicted octanol–water partition coefficient (Wildman–Crippen LogP) is 4.91. The van der Waals surface area contributed by atoms with E-state index in [1.54, 1.807) is 22.8 Å². The molecule has 1 aliphatic heterocycles. The third-order valence-corrected chi connectivity index (χ3v) is 7.63. The minimum absolute atomic E-state index is 0.00986. The van der Waals surface area contributed by atoms with Crippen LogP contribution in [-0.4, -0.2) is 69.4 Å². The van der Waals surface area contributed by atoms with Crippen molar-refractivity contribution in [3.63, 3.8) is 0 Å². The number of amides is 1. The average molecular weight is 635 g/mol. The Balaban J connectivity index is 1.44. The second kappa shape index (κ2) is 13.6. The first-order chi connectivity index (χ1) is 22.0. The number of carbonyl (C=O) groups excluding carboxylic acids is 1. The Morgan fingerprint density at radius 1 is 1.22 bits per heavy atom. The summed E-state index contributed by atoms with van der Waals surface area (Å²) in [6.45, 7) is 5.42. The molecule has 46 heavy (non-hydrogen) atoms. The van der Waals surface area contributed by atoms with Gasteiger partial charge >= 0.3 is 0 Å². The quantitative estimate of drug-likeness (QED) is 0.141. The van der Waals surface area contributed by atoms with E-state index in [0.717, 1.165) is 12.1 Å². The van der Waals surface area contributed by atoms with Crippen molar-refractivity contribution in [2.24, 2.45) is 0 Å². The lowest BCUT2D eigenvalue weighted by molar-refractivity contribution is -0.128. The van der Waals surface area contributed by atoms with Gasteiger partial charge in [0.25, 0.3) is 5.91 Å². The molecule has 1 atom stereocenters. The molecule has 0 spiro atoms. The summed E-state index contributed by atoms with van der Waals surface area (Å²) in [7, 11) is 1.59. The van der Waals surface area contributed by atoms with E-state index in [1.807, 2.05) is 19.9 Å². The zero-order valence-corrected chi connectivity index (χ0v) is 25.6. The summed E-state index contributed by atoms with van der Waals surface area (Å²) >= 11 is 0. The molecule has 240 valence electrons. The van der Waals surface area contributed by atoms with Crippen LogP contribution in [0.3, 0.4) is 0 Å². The van der Waals surface area contributed by atoms with Gasteiger partial charge in [-0.2, -0.15) is 14.8 Å². The third-order valence-electron chi connectivity index (χ3n) is 7.63. The molecule has 14 heteroatoms. The van der Waals surface area contributed by atoms with E-state index < -0.39 is 34.6 Å². The number of aromatic nitrogens is 4. The highest BCUT2D eigenvalue weighted by molar-refractivity contribution is 5.99. The smallest absolute Gasteiger partial charge is 0.264 e. The van der Waals surface area contributed by atoms with Gasteiger partial charge in [0.1, 0.15) is 41.0 Å². The lowest BCUT2D eigenvalue weighted by atomic mass is 9.99. The van der Waals surface area contributed by atoms with E-state index >= 15 is 4.39 Å². The predicted molar refractivity (Wildman–Crippen MR) is 164 cm³/mol. The monoisotopic (exact) mass is 634 g/mol. The van der Waals surface area contributed by atoms with E-state index in [-0.39, 0.29) is 41.0 Å². The minimum Gasteiger partial charge on any atom is -0.454 e. The molecule has 2 aromatic heterocycles. The van der Waals surface area contributed by atoms with Crippen molar-refractivity contribution in [3.05, 3.63) is 71.8 Å². The lowest BCUT2D eigenvalue weighted by Crippen LogP contribution is -2.43.